The lowest BCUT2D eigenvalue weighted by Crippen LogP contribution is -2.35. The number of rotatable bonds is 3. The van der Waals surface area contributed by atoms with Gasteiger partial charge in [0.05, 0.1) is 0 Å². The number of benzene rings is 1. The maximum Gasteiger partial charge on any atom is 0.230 e. The zero-order chi connectivity index (χ0) is 13.1. The van der Waals surface area contributed by atoms with E-state index in [1.54, 1.807) is 4.90 Å². The number of hydrogen-bond acceptors (Lipinski definition) is 2. The number of carbonyl (C=O) groups is 1. The SMILES string of the molecule is CC(CN)C(=O)N(C)c1ccc2c(c1)CCCC2. The number of anilines is 1. The summed E-state index contributed by atoms with van der Waals surface area (Å²) in [5, 5.41) is 0. The summed E-state index contributed by atoms with van der Waals surface area (Å²) in [6.45, 7) is 2.27. The van der Waals surface area contributed by atoms with Crippen molar-refractivity contribution in [1.29, 1.82) is 0 Å². The summed E-state index contributed by atoms with van der Waals surface area (Å²) in [5.74, 6) is -0.0284. The van der Waals surface area contributed by atoms with Crippen LogP contribution in [0, 0.1) is 5.92 Å². The fraction of sp³-hybridized carbons (Fsp3) is 0.533. The summed E-state index contributed by atoms with van der Waals surface area (Å²) in [4.78, 5) is 13.8. The van der Waals surface area contributed by atoms with Crippen molar-refractivity contribution in [3.63, 3.8) is 0 Å². The molecule has 0 aliphatic heterocycles. The molecule has 1 aromatic rings. The Bertz CT molecular complexity index is 442. The van der Waals surface area contributed by atoms with Crippen LogP contribution in [0.4, 0.5) is 5.69 Å². The monoisotopic (exact) mass is 246 g/mol. The van der Waals surface area contributed by atoms with Crippen LogP contribution in [-0.2, 0) is 17.6 Å². The number of nitrogens with zero attached hydrogens (tertiary/aromatic N) is 1. The first-order valence-corrected chi connectivity index (χ1v) is 6.73. The fourth-order valence-corrected chi connectivity index (χ4v) is 2.49. The van der Waals surface area contributed by atoms with Gasteiger partial charge in [0.25, 0.3) is 0 Å². The van der Waals surface area contributed by atoms with Gasteiger partial charge in [0.1, 0.15) is 0 Å². The Kier molecular flexibility index (Phi) is 4.02. The van der Waals surface area contributed by atoms with E-state index < -0.39 is 0 Å². The second kappa shape index (κ2) is 5.53. The molecule has 0 radical (unpaired) electrons. The van der Waals surface area contributed by atoms with Crippen molar-refractivity contribution < 1.29 is 4.79 Å². The number of carbonyl (C=O) groups excluding carboxylic acids is 1. The first-order valence-electron chi connectivity index (χ1n) is 6.73. The highest BCUT2D eigenvalue weighted by molar-refractivity contribution is 5.94. The average molecular weight is 246 g/mol. The zero-order valence-corrected chi connectivity index (χ0v) is 11.3. The number of aryl methyl sites for hydroxylation is 2. The molecule has 1 unspecified atom stereocenters. The predicted octanol–water partition coefficient (Wildman–Crippen LogP) is 2.12. The Labute approximate surface area is 109 Å². The molecule has 3 heteroatoms. The van der Waals surface area contributed by atoms with E-state index in [0.717, 1.165) is 12.1 Å². The van der Waals surface area contributed by atoms with E-state index >= 15 is 0 Å². The topological polar surface area (TPSA) is 46.3 Å². The van der Waals surface area contributed by atoms with Crippen LogP contribution in [0.3, 0.4) is 0 Å². The standard InChI is InChI=1S/C15H22N2O/c1-11(10-16)15(18)17(2)14-8-7-12-5-3-4-6-13(12)9-14/h7-9,11H,3-6,10,16H2,1-2H3. The van der Waals surface area contributed by atoms with Crippen LogP contribution in [-0.4, -0.2) is 19.5 Å². The Morgan fingerprint density at radius 1 is 1.33 bits per heavy atom. The van der Waals surface area contributed by atoms with E-state index in [1.807, 2.05) is 20.0 Å². The van der Waals surface area contributed by atoms with Crippen LogP contribution < -0.4 is 10.6 Å². The number of hydrogen-bond donors (Lipinski definition) is 1. The van der Waals surface area contributed by atoms with Crippen LogP contribution >= 0.6 is 0 Å². The van der Waals surface area contributed by atoms with Gasteiger partial charge in [-0.2, -0.15) is 0 Å². The lowest BCUT2D eigenvalue weighted by Gasteiger charge is -2.23. The van der Waals surface area contributed by atoms with Gasteiger partial charge in [0.15, 0.2) is 0 Å². The van der Waals surface area contributed by atoms with E-state index in [0.29, 0.717) is 6.54 Å². The molecule has 0 saturated carbocycles. The molecule has 98 valence electrons. The number of nitrogens with two attached hydrogens (primary N) is 1. The van der Waals surface area contributed by atoms with Crippen LogP contribution in [0.5, 0.6) is 0 Å². The lowest BCUT2D eigenvalue weighted by atomic mass is 9.91. The summed E-state index contributed by atoms with van der Waals surface area (Å²) in [5.41, 5.74) is 9.38. The Balaban J connectivity index is 2.20. The van der Waals surface area contributed by atoms with Crippen molar-refractivity contribution in [2.24, 2.45) is 11.7 Å². The third-order valence-corrected chi connectivity index (χ3v) is 3.83. The summed E-state index contributed by atoms with van der Waals surface area (Å²) in [6.07, 6.45) is 4.85. The minimum Gasteiger partial charge on any atom is -0.330 e. The Morgan fingerprint density at radius 3 is 2.67 bits per heavy atom. The van der Waals surface area contributed by atoms with Gasteiger partial charge in [-0.25, -0.2) is 0 Å². The number of fused-ring (bicyclic) bond motifs is 1. The third-order valence-electron chi connectivity index (χ3n) is 3.83. The van der Waals surface area contributed by atoms with Gasteiger partial charge in [-0.1, -0.05) is 13.0 Å². The van der Waals surface area contributed by atoms with E-state index in [9.17, 15) is 4.79 Å². The fourth-order valence-electron chi connectivity index (χ4n) is 2.49. The molecule has 1 atom stereocenters. The molecule has 0 aromatic heterocycles. The highest BCUT2D eigenvalue weighted by atomic mass is 16.2. The van der Waals surface area contributed by atoms with Gasteiger partial charge >= 0.3 is 0 Å². The van der Waals surface area contributed by atoms with Crippen LogP contribution in [0.15, 0.2) is 18.2 Å². The number of amides is 1. The molecule has 1 aromatic carbocycles. The molecule has 0 spiro atoms. The van der Waals surface area contributed by atoms with E-state index in [4.69, 9.17) is 5.73 Å². The maximum absolute atomic E-state index is 12.1. The Hall–Kier alpha value is -1.35. The van der Waals surface area contributed by atoms with Gasteiger partial charge < -0.3 is 10.6 Å². The summed E-state index contributed by atoms with van der Waals surface area (Å²) >= 11 is 0. The first kappa shape index (κ1) is 13.1. The minimum atomic E-state index is -0.119. The van der Waals surface area contributed by atoms with E-state index in [1.165, 1.54) is 30.4 Å². The molecule has 0 heterocycles. The normalized spacial score (nSPS) is 15.9. The second-order valence-electron chi connectivity index (χ2n) is 5.19. The van der Waals surface area contributed by atoms with E-state index in [-0.39, 0.29) is 11.8 Å². The van der Waals surface area contributed by atoms with Crippen LogP contribution in [0.25, 0.3) is 0 Å². The summed E-state index contributed by atoms with van der Waals surface area (Å²) in [7, 11) is 1.83. The molecule has 2 N–H and O–H groups in total. The van der Waals surface area contributed by atoms with Crippen molar-refractivity contribution in [1.82, 2.24) is 0 Å². The van der Waals surface area contributed by atoms with Gasteiger partial charge in [0, 0.05) is 25.2 Å². The van der Waals surface area contributed by atoms with Gasteiger partial charge in [-0.3, -0.25) is 4.79 Å². The quantitative estimate of drug-likeness (QED) is 0.888. The summed E-state index contributed by atoms with van der Waals surface area (Å²) < 4.78 is 0. The smallest absolute Gasteiger partial charge is 0.230 e. The highest BCUT2D eigenvalue weighted by Crippen LogP contribution is 2.26. The van der Waals surface area contributed by atoms with Crippen molar-refractivity contribution >= 4 is 11.6 Å². The van der Waals surface area contributed by atoms with Crippen LogP contribution in [0.1, 0.15) is 30.9 Å². The molecule has 18 heavy (non-hydrogen) atoms. The molecule has 3 nitrogen and oxygen atoms in total. The molecule has 1 aliphatic rings. The lowest BCUT2D eigenvalue weighted by molar-refractivity contribution is -0.121. The van der Waals surface area contributed by atoms with Crippen molar-refractivity contribution in [2.75, 3.05) is 18.5 Å². The molecular weight excluding hydrogens is 224 g/mol. The van der Waals surface area contributed by atoms with E-state index in [2.05, 4.69) is 12.1 Å². The largest absolute Gasteiger partial charge is 0.330 e. The molecular formula is C15H22N2O. The van der Waals surface area contributed by atoms with Gasteiger partial charge in [-0.15, -0.1) is 0 Å². The molecule has 0 fully saturated rings. The van der Waals surface area contributed by atoms with Crippen LogP contribution in [0.2, 0.25) is 0 Å². The van der Waals surface area contributed by atoms with Gasteiger partial charge in [-0.05, 0) is 48.9 Å². The van der Waals surface area contributed by atoms with Crippen molar-refractivity contribution in [3.8, 4) is 0 Å². The molecule has 0 saturated heterocycles. The average Bonchev–Trinajstić information content (AvgIpc) is 2.44. The molecule has 1 aliphatic carbocycles. The summed E-state index contributed by atoms with van der Waals surface area (Å²) in [6, 6.07) is 6.38. The third kappa shape index (κ3) is 2.56. The minimum absolute atomic E-state index is 0.0910. The van der Waals surface area contributed by atoms with Crippen molar-refractivity contribution in [3.05, 3.63) is 29.3 Å². The van der Waals surface area contributed by atoms with Gasteiger partial charge in [0.2, 0.25) is 5.91 Å². The Morgan fingerprint density at radius 2 is 2.00 bits per heavy atom. The molecule has 0 bridgehead atoms. The predicted molar refractivity (Wildman–Crippen MR) is 74.7 cm³/mol. The maximum atomic E-state index is 12.1. The zero-order valence-electron chi connectivity index (χ0n) is 11.3. The molecule has 1 amide bonds. The molecule has 2 rings (SSSR count). The highest BCUT2D eigenvalue weighted by Gasteiger charge is 2.18. The van der Waals surface area contributed by atoms with Crippen molar-refractivity contribution in [2.45, 2.75) is 32.6 Å². The first-order chi connectivity index (χ1) is 8.63. The second-order valence-corrected chi connectivity index (χ2v) is 5.19.